The minimum Gasteiger partial charge on any atom is -0.480 e. The van der Waals surface area contributed by atoms with E-state index in [1.54, 1.807) is 0 Å². The lowest BCUT2D eigenvalue weighted by molar-refractivity contribution is 0.0691. The molecule has 0 radical (unpaired) electrons. The van der Waals surface area contributed by atoms with Crippen molar-refractivity contribution in [3.63, 3.8) is 0 Å². The molecule has 1 aromatic heterocycles. The van der Waals surface area contributed by atoms with Crippen molar-refractivity contribution >= 4 is 5.97 Å². The van der Waals surface area contributed by atoms with Gasteiger partial charge in [0.2, 0.25) is 5.88 Å². The van der Waals surface area contributed by atoms with Crippen LogP contribution in [0.3, 0.4) is 0 Å². The second kappa shape index (κ2) is 5.36. The summed E-state index contributed by atoms with van der Waals surface area (Å²) in [6, 6.07) is 7.68. The van der Waals surface area contributed by atoms with Crippen molar-refractivity contribution in [2.24, 2.45) is 0 Å². The lowest BCUT2D eigenvalue weighted by Crippen LogP contribution is -2.04. The highest BCUT2D eigenvalue weighted by atomic mass is 16.5. The monoisotopic (exact) mass is 274 g/mol. The topological polar surface area (TPSA) is 64.3 Å². The first-order valence-corrected chi connectivity index (χ1v) is 6.43. The van der Waals surface area contributed by atoms with E-state index < -0.39 is 5.97 Å². The van der Waals surface area contributed by atoms with Gasteiger partial charge >= 0.3 is 5.97 Å². The summed E-state index contributed by atoms with van der Waals surface area (Å²) in [5.74, 6) is -0.768. The summed E-state index contributed by atoms with van der Waals surface area (Å²) in [5.41, 5.74) is 2.56. The Bertz CT molecular complexity index is 627. The van der Waals surface area contributed by atoms with Crippen LogP contribution in [0.4, 0.5) is 0 Å². The molecule has 106 valence electrons. The number of aromatic carboxylic acids is 1. The summed E-state index contributed by atoms with van der Waals surface area (Å²) >= 11 is 0. The summed E-state index contributed by atoms with van der Waals surface area (Å²) in [6.45, 7) is 5.81. The van der Waals surface area contributed by atoms with Crippen LogP contribution in [0, 0.1) is 6.92 Å². The van der Waals surface area contributed by atoms with E-state index in [0.717, 1.165) is 11.3 Å². The zero-order valence-electron chi connectivity index (χ0n) is 12.0. The molecule has 0 atom stereocenters. The molecule has 0 spiro atoms. The first-order valence-electron chi connectivity index (χ1n) is 6.43. The quantitative estimate of drug-likeness (QED) is 0.930. The SMILES string of the molecule is COc1c(C(=O)O)c(C(C)C)nn1-c1ccc(C)cc1. The lowest BCUT2D eigenvalue weighted by Gasteiger charge is -2.06. The Morgan fingerprint density at radius 2 is 1.90 bits per heavy atom. The largest absolute Gasteiger partial charge is 0.480 e. The molecule has 0 bridgehead atoms. The minimum atomic E-state index is -1.02. The van der Waals surface area contributed by atoms with Gasteiger partial charge in [-0.2, -0.15) is 5.10 Å². The molecule has 0 unspecified atom stereocenters. The Morgan fingerprint density at radius 3 is 2.35 bits per heavy atom. The minimum absolute atomic E-state index is 0.00157. The number of benzene rings is 1. The van der Waals surface area contributed by atoms with Gasteiger partial charge in [0.25, 0.3) is 0 Å². The summed E-state index contributed by atoms with van der Waals surface area (Å²) < 4.78 is 6.81. The number of aromatic nitrogens is 2. The van der Waals surface area contributed by atoms with Crippen LogP contribution in [0.25, 0.3) is 5.69 Å². The van der Waals surface area contributed by atoms with E-state index >= 15 is 0 Å². The molecule has 0 fully saturated rings. The maximum absolute atomic E-state index is 11.5. The van der Waals surface area contributed by atoms with E-state index in [1.165, 1.54) is 11.8 Å². The molecule has 2 rings (SSSR count). The van der Waals surface area contributed by atoms with Gasteiger partial charge in [-0.05, 0) is 25.0 Å². The number of carboxylic acids is 1. The average Bonchev–Trinajstić information content (AvgIpc) is 2.79. The normalized spacial score (nSPS) is 10.8. The number of rotatable bonds is 4. The van der Waals surface area contributed by atoms with Crippen molar-refractivity contribution in [2.45, 2.75) is 26.7 Å². The number of aryl methyl sites for hydroxylation is 1. The predicted octanol–water partition coefficient (Wildman–Crippen LogP) is 3.01. The molecule has 0 saturated carbocycles. The second-order valence-electron chi connectivity index (χ2n) is 4.98. The number of carboxylic acid groups (broad SMARTS) is 1. The van der Waals surface area contributed by atoms with Crippen LogP contribution in [0.2, 0.25) is 0 Å². The van der Waals surface area contributed by atoms with Gasteiger partial charge in [-0.15, -0.1) is 0 Å². The molecule has 1 heterocycles. The highest BCUT2D eigenvalue weighted by Crippen LogP contribution is 2.30. The van der Waals surface area contributed by atoms with Gasteiger partial charge in [0, 0.05) is 0 Å². The van der Waals surface area contributed by atoms with Gasteiger partial charge in [-0.25, -0.2) is 9.48 Å². The molecule has 0 aliphatic rings. The molecule has 1 N–H and O–H groups in total. The third-order valence-corrected chi connectivity index (χ3v) is 3.10. The molecule has 0 amide bonds. The predicted molar refractivity (Wildman–Crippen MR) is 75.9 cm³/mol. The Hall–Kier alpha value is -2.30. The zero-order chi connectivity index (χ0) is 14.9. The smallest absolute Gasteiger partial charge is 0.343 e. The summed E-state index contributed by atoms with van der Waals surface area (Å²) in [7, 11) is 1.46. The molecule has 5 heteroatoms. The second-order valence-corrected chi connectivity index (χ2v) is 4.98. The van der Waals surface area contributed by atoms with Crippen LogP contribution < -0.4 is 4.74 Å². The number of nitrogens with zero attached hydrogens (tertiary/aromatic N) is 2. The molecule has 0 aliphatic carbocycles. The number of ether oxygens (including phenoxy) is 1. The van der Waals surface area contributed by atoms with Crippen molar-refractivity contribution < 1.29 is 14.6 Å². The fourth-order valence-corrected chi connectivity index (χ4v) is 2.07. The Kier molecular flexibility index (Phi) is 3.79. The van der Waals surface area contributed by atoms with E-state index in [9.17, 15) is 9.90 Å². The molecule has 2 aromatic rings. The summed E-state index contributed by atoms with van der Waals surface area (Å²) in [5, 5.41) is 13.8. The first kappa shape index (κ1) is 14.1. The first-order chi connectivity index (χ1) is 9.45. The lowest BCUT2D eigenvalue weighted by atomic mass is 10.1. The molecular weight excluding hydrogens is 256 g/mol. The van der Waals surface area contributed by atoms with E-state index in [4.69, 9.17) is 4.74 Å². The third-order valence-electron chi connectivity index (χ3n) is 3.10. The Labute approximate surface area is 117 Å². The average molecular weight is 274 g/mol. The summed E-state index contributed by atoms with van der Waals surface area (Å²) in [6.07, 6.45) is 0. The van der Waals surface area contributed by atoms with Gasteiger partial charge in [0.05, 0.1) is 18.5 Å². The van der Waals surface area contributed by atoms with E-state index in [0.29, 0.717) is 5.69 Å². The fourth-order valence-electron chi connectivity index (χ4n) is 2.07. The number of carbonyl (C=O) groups is 1. The highest BCUT2D eigenvalue weighted by Gasteiger charge is 2.26. The van der Waals surface area contributed by atoms with Gasteiger partial charge in [0.1, 0.15) is 5.56 Å². The molecule has 20 heavy (non-hydrogen) atoms. The maximum Gasteiger partial charge on any atom is 0.343 e. The maximum atomic E-state index is 11.5. The van der Waals surface area contributed by atoms with Gasteiger partial charge in [0.15, 0.2) is 0 Å². The van der Waals surface area contributed by atoms with Gasteiger partial charge in [-0.1, -0.05) is 31.5 Å². The standard InChI is InChI=1S/C15H18N2O3/c1-9(2)13-12(15(18)19)14(20-4)17(16-13)11-7-5-10(3)6-8-11/h5-9H,1-4H3,(H,18,19). The van der Waals surface area contributed by atoms with Crippen LogP contribution in [-0.4, -0.2) is 28.0 Å². The fraction of sp³-hybridized carbons (Fsp3) is 0.333. The molecule has 5 nitrogen and oxygen atoms in total. The molecule has 0 aliphatic heterocycles. The van der Waals surface area contributed by atoms with Crippen LogP contribution in [-0.2, 0) is 0 Å². The van der Waals surface area contributed by atoms with Crippen molar-refractivity contribution in [1.82, 2.24) is 9.78 Å². The molecule has 1 aromatic carbocycles. The van der Waals surface area contributed by atoms with Crippen LogP contribution in [0.15, 0.2) is 24.3 Å². The van der Waals surface area contributed by atoms with Crippen molar-refractivity contribution in [2.75, 3.05) is 7.11 Å². The van der Waals surface area contributed by atoms with Crippen LogP contribution in [0.5, 0.6) is 5.88 Å². The van der Waals surface area contributed by atoms with Crippen molar-refractivity contribution in [1.29, 1.82) is 0 Å². The zero-order valence-corrected chi connectivity index (χ0v) is 12.0. The van der Waals surface area contributed by atoms with E-state index in [-0.39, 0.29) is 17.4 Å². The number of hydrogen-bond acceptors (Lipinski definition) is 3. The van der Waals surface area contributed by atoms with Crippen LogP contribution in [0.1, 0.15) is 41.4 Å². The number of hydrogen-bond donors (Lipinski definition) is 1. The van der Waals surface area contributed by atoms with E-state index in [2.05, 4.69) is 5.10 Å². The highest BCUT2D eigenvalue weighted by molar-refractivity contribution is 5.92. The van der Waals surface area contributed by atoms with Gasteiger partial charge in [-0.3, -0.25) is 0 Å². The Morgan fingerprint density at radius 1 is 1.30 bits per heavy atom. The third kappa shape index (κ3) is 2.39. The van der Waals surface area contributed by atoms with Crippen molar-refractivity contribution in [3.8, 4) is 11.6 Å². The Balaban J connectivity index is 2.67. The van der Waals surface area contributed by atoms with Crippen molar-refractivity contribution in [3.05, 3.63) is 41.1 Å². The van der Waals surface area contributed by atoms with Crippen LogP contribution >= 0.6 is 0 Å². The van der Waals surface area contributed by atoms with Gasteiger partial charge < -0.3 is 9.84 Å². The van der Waals surface area contributed by atoms with E-state index in [1.807, 2.05) is 45.0 Å². The molecular formula is C15H18N2O3. The summed E-state index contributed by atoms with van der Waals surface area (Å²) in [4.78, 5) is 11.5. The number of methoxy groups -OCH3 is 1. The molecule has 0 saturated heterocycles.